The van der Waals surface area contributed by atoms with Gasteiger partial charge in [-0.3, -0.25) is 14.9 Å². The Morgan fingerprint density at radius 3 is 2.48 bits per heavy atom. The summed E-state index contributed by atoms with van der Waals surface area (Å²) < 4.78 is 18.9. The molecule has 5 nitrogen and oxygen atoms in total. The van der Waals surface area contributed by atoms with E-state index in [1.165, 1.54) is 18.2 Å². The van der Waals surface area contributed by atoms with E-state index in [9.17, 15) is 19.3 Å². The molecule has 2 rings (SSSR count). The molecule has 0 amide bonds. The average molecular weight is 289 g/mol. The lowest BCUT2D eigenvalue weighted by Crippen LogP contribution is -1.96. The number of halogens is 1. The van der Waals surface area contributed by atoms with Gasteiger partial charge in [0.2, 0.25) is 0 Å². The Bertz CT molecular complexity index is 728. The first kappa shape index (κ1) is 14.6. The molecular formula is C15H12FNO4. The maximum Gasteiger partial charge on any atom is 0.272 e. The fourth-order valence-corrected chi connectivity index (χ4v) is 1.92. The van der Waals surface area contributed by atoms with Crippen LogP contribution in [0, 0.1) is 29.8 Å². The monoisotopic (exact) mass is 289 g/mol. The SMILES string of the molecule is Cc1cc([N+](=O)[O-])c(C)cc1Oc1cc(F)cc(C=O)c1. The first-order valence-corrected chi connectivity index (χ1v) is 6.10. The Balaban J connectivity index is 2.40. The van der Waals surface area contributed by atoms with Crippen molar-refractivity contribution in [3.8, 4) is 11.5 Å². The van der Waals surface area contributed by atoms with Crippen LogP contribution in [-0.4, -0.2) is 11.2 Å². The van der Waals surface area contributed by atoms with Crippen LogP contribution in [0.15, 0.2) is 30.3 Å². The minimum absolute atomic E-state index is 0.00678. The number of aldehydes is 1. The third-order valence-corrected chi connectivity index (χ3v) is 2.95. The third-order valence-electron chi connectivity index (χ3n) is 2.95. The largest absolute Gasteiger partial charge is 0.457 e. The molecule has 0 saturated heterocycles. The highest BCUT2D eigenvalue weighted by atomic mass is 19.1. The first-order chi connectivity index (χ1) is 9.90. The number of hydrogen-bond acceptors (Lipinski definition) is 4. The lowest BCUT2D eigenvalue weighted by atomic mass is 10.1. The standard InChI is InChI=1S/C15H12FNO4/c1-9-4-15(10(2)3-14(9)17(19)20)21-13-6-11(8-18)5-12(16)7-13/h3-8H,1-2H3. The molecule has 0 fully saturated rings. The molecule has 0 heterocycles. The number of aryl methyl sites for hydroxylation is 2. The van der Waals surface area contributed by atoms with Crippen LogP contribution in [-0.2, 0) is 0 Å². The summed E-state index contributed by atoms with van der Waals surface area (Å²) in [6.07, 6.45) is 0.518. The van der Waals surface area contributed by atoms with Gasteiger partial charge in [-0.2, -0.15) is 0 Å². The molecule has 0 saturated carbocycles. The predicted octanol–water partition coefficient (Wildman–Crippen LogP) is 3.96. The Morgan fingerprint density at radius 2 is 1.86 bits per heavy atom. The molecule has 2 aromatic carbocycles. The van der Waals surface area contributed by atoms with Gasteiger partial charge < -0.3 is 4.74 Å². The second-order valence-electron chi connectivity index (χ2n) is 4.60. The van der Waals surface area contributed by atoms with Gasteiger partial charge in [0.15, 0.2) is 0 Å². The molecular weight excluding hydrogens is 277 g/mol. The third kappa shape index (κ3) is 3.22. The van der Waals surface area contributed by atoms with Gasteiger partial charge in [0.1, 0.15) is 23.6 Å². The van der Waals surface area contributed by atoms with Gasteiger partial charge in [0.05, 0.1) is 4.92 Å². The van der Waals surface area contributed by atoms with Crippen LogP contribution >= 0.6 is 0 Å². The smallest absolute Gasteiger partial charge is 0.272 e. The second kappa shape index (κ2) is 5.70. The van der Waals surface area contributed by atoms with Crippen LogP contribution in [0.3, 0.4) is 0 Å². The van der Waals surface area contributed by atoms with Crippen molar-refractivity contribution in [1.82, 2.24) is 0 Å². The van der Waals surface area contributed by atoms with Crippen LogP contribution < -0.4 is 4.74 Å². The number of nitrogens with zero attached hydrogens (tertiary/aromatic N) is 1. The fourth-order valence-electron chi connectivity index (χ4n) is 1.92. The molecule has 0 bridgehead atoms. The summed E-state index contributed by atoms with van der Waals surface area (Å²) in [7, 11) is 0. The highest BCUT2D eigenvalue weighted by molar-refractivity contribution is 5.75. The van der Waals surface area contributed by atoms with Crippen LogP contribution in [0.1, 0.15) is 21.5 Å². The molecule has 0 aliphatic rings. The van der Waals surface area contributed by atoms with Crippen molar-refractivity contribution in [2.24, 2.45) is 0 Å². The van der Waals surface area contributed by atoms with Crippen molar-refractivity contribution in [2.75, 3.05) is 0 Å². The molecule has 21 heavy (non-hydrogen) atoms. The first-order valence-electron chi connectivity index (χ1n) is 6.10. The van der Waals surface area contributed by atoms with Gasteiger partial charge in [-0.05, 0) is 37.6 Å². The lowest BCUT2D eigenvalue weighted by Gasteiger charge is -2.10. The van der Waals surface area contributed by atoms with Crippen LogP contribution in [0.4, 0.5) is 10.1 Å². The topological polar surface area (TPSA) is 69.4 Å². The zero-order valence-corrected chi connectivity index (χ0v) is 11.4. The Kier molecular flexibility index (Phi) is 3.98. The van der Waals surface area contributed by atoms with E-state index in [-0.39, 0.29) is 17.0 Å². The molecule has 0 N–H and O–H groups in total. The number of hydrogen-bond donors (Lipinski definition) is 0. The maximum absolute atomic E-state index is 13.3. The van der Waals surface area contributed by atoms with Gasteiger partial charge in [-0.1, -0.05) is 0 Å². The van der Waals surface area contributed by atoms with Gasteiger partial charge in [-0.25, -0.2) is 4.39 Å². The molecule has 0 aliphatic heterocycles. The van der Waals surface area contributed by atoms with E-state index in [1.807, 2.05) is 0 Å². The van der Waals surface area contributed by atoms with Gasteiger partial charge in [0, 0.05) is 23.3 Å². The van der Waals surface area contributed by atoms with E-state index < -0.39 is 10.7 Å². The zero-order valence-electron chi connectivity index (χ0n) is 11.4. The summed E-state index contributed by atoms with van der Waals surface area (Å²) in [6, 6.07) is 6.53. The highest BCUT2D eigenvalue weighted by Gasteiger charge is 2.14. The number of nitro groups is 1. The van der Waals surface area contributed by atoms with Crippen molar-refractivity contribution in [2.45, 2.75) is 13.8 Å². The summed E-state index contributed by atoms with van der Waals surface area (Å²) in [5.74, 6) is -0.0557. The lowest BCUT2D eigenvalue weighted by molar-refractivity contribution is -0.385. The average Bonchev–Trinajstić information content (AvgIpc) is 2.41. The summed E-state index contributed by atoms with van der Waals surface area (Å²) in [5, 5.41) is 10.8. The molecule has 0 unspecified atom stereocenters. The fraction of sp³-hybridized carbons (Fsp3) is 0.133. The van der Waals surface area contributed by atoms with Crippen molar-refractivity contribution in [1.29, 1.82) is 0 Å². The zero-order chi connectivity index (χ0) is 15.6. The van der Waals surface area contributed by atoms with E-state index in [4.69, 9.17) is 4.74 Å². The van der Waals surface area contributed by atoms with Crippen molar-refractivity contribution < 1.29 is 18.8 Å². The maximum atomic E-state index is 13.3. The van der Waals surface area contributed by atoms with E-state index in [2.05, 4.69) is 0 Å². The molecule has 108 valence electrons. The molecule has 0 radical (unpaired) electrons. The van der Waals surface area contributed by atoms with Crippen molar-refractivity contribution >= 4 is 12.0 Å². The van der Waals surface area contributed by atoms with Gasteiger partial charge >= 0.3 is 0 Å². The van der Waals surface area contributed by atoms with E-state index in [0.29, 0.717) is 23.2 Å². The van der Waals surface area contributed by atoms with Crippen LogP contribution in [0.2, 0.25) is 0 Å². The number of rotatable bonds is 4. The summed E-state index contributed by atoms with van der Waals surface area (Å²) >= 11 is 0. The molecule has 0 spiro atoms. The van der Waals surface area contributed by atoms with Crippen LogP contribution in [0.5, 0.6) is 11.5 Å². The summed E-state index contributed by atoms with van der Waals surface area (Å²) in [5.41, 5.74) is 1.13. The van der Waals surface area contributed by atoms with Crippen molar-refractivity contribution in [3.05, 3.63) is 63.0 Å². The minimum atomic E-state index is -0.592. The number of ether oxygens (including phenoxy) is 1. The number of nitro benzene ring substituents is 1. The Morgan fingerprint density at radius 1 is 1.14 bits per heavy atom. The normalized spacial score (nSPS) is 10.2. The second-order valence-corrected chi connectivity index (χ2v) is 4.60. The van der Waals surface area contributed by atoms with Gasteiger partial charge in [0.25, 0.3) is 5.69 Å². The predicted molar refractivity (Wildman–Crippen MR) is 74.4 cm³/mol. The van der Waals surface area contributed by atoms with E-state index in [0.717, 1.165) is 12.1 Å². The van der Waals surface area contributed by atoms with Crippen molar-refractivity contribution in [3.63, 3.8) is 0 Å². The summed E-state index contributed by atoms with van der Waals surface area (Å²) in [4.78, 5) is 21.1. The highest BCUT2D eigenvalue weighted by Crippen LogP contribution is 2.31. The number of carbonyl (C=O) groups excluding carboxylic acids is 1. The minimum Gasteiger partial charge on any atom is -0.457 e. The Labute approximate surface area is 120 Å². The molecule has 6 heteroatoms. The van der Waals surface area contributed by atoms with Gasteiger partial charge in [-0.15, -0.1) is 0 Å². The van der Waals surface area contributed by atoms with Crippen LogP contribution in [0.25, 0.3) is 0 Å². The Hall–Kier alpha value is -2.76. The number of carbonyl (C=O) groups is 1. The number of benzene rings is 2. The molecule has 0 aromatic heterocycles. The molecule has 2 aromatic rings. The molecule has 0 aliphatic carbocycles. The summed E-state index contributed by atoms with van der Waals surface area (Å²) in [6.45, 7) is 3.24. The molecule has 0 atom stereocenters. The quantitative estimate of drug-likeness (QED) is 0.485. The van der Waals surface area contributed by atoms with E-state index in [1.54, 1.807) is 13.8 Å². The van der Waals surface area contributed by atoms with E-state index >= 15 is 0 Å².